The summed E-state index contributed by atoms with van der Waals surface area (Å²) in [5, 5.41) is 11.8. The molecular weight excluding hydrogens is 204 g/mol. The predicted octanol–water partition coefficient (Wildman–Crippen LogP) is 0.985. The first-order valence-corrected chi connectivity index (χ1v) is 5.93. The summed E-state index contributed by atoms with van der Waals surface area (Å²) in [5.41, 5.74) is 0. The molecule has 0 spiro atoms. The molecule has 0 radical (unpaired) electrons. The van der Waals surface area contributed by atoms with E-state index in [9.17, 15) is 0 Å². The molecule has 0 aromatic carbocycles. The van der Waals surface area contributed by atoms with Gasteiger partial charge < -0.3 is 14.6 Å². The van der Waals surface area contributed by atoms with Crippen LogP contribution in [-0.2, 0) is 11.3 Å². The summed E-state index contributed by atoms with van der Waals surface area (Å²) in [6.45, 7) is 4.87. The molecule has 2 heterocycles. The standard InChI is InChI=1S/C11H20N4O/c1-9-4-3-5-12-10(9)11-14-13-8-15(11)6-7-16-2/h8-10,12H,3-7H2,1-2H3. The molecular formula is C11H20N4O. The molecule has 1 aromatic heterocycles. The lowest BCUT2D eigenvalue weighted by atomic mass is 9.92. The largest absolute Gasteiger partial charge is 0.383 e. The first-order valence-electron chi connectivity index (χ1n) is 5.93. The minimum absolute atomic E-state index is 0.341. The molecule has 5 heteroatoms. The van der Waals surface area contributed by atoms with Crippen LogP contribution in [-0.4, -0.2) is 35.0 Å². The van der Waals surface area contributed by atoms with E-state index in [2.05, 4.69) is 27.0 Å². The zero-order valence-corrected chi connectivity index (χ0v) is 10.0. The maximum atomic E-state index is 5.09. The Labute approximate surface area is 96.2 Å². The van der Waals surface area contributed by atoms with Crippen LogP contribution in [0.1, 0.15) is 31.6 Å². The van der Waals surface area contributed by atoms with Gasteiger partial charge in [-0.25, -0.2) is 0 Å². The number of methoxy groups -OCH3 is 1. The van der Waals surface area contributed by atoms with Crippen molar-refractivity contribution < 1.29 is 4.74 Å². The van der Waals surface area contributed by atoms with Gasteiger partial charge in [0.05, 0.1) is 12.6 Å². The summed E-state index contributed by atoms with van der Waals surface area (Å²) in [4.78, 5) is 0. The van der Waals surface area contributed by atoms with Crippen LogP contribution >= 0.6 is 0 Å². The lowest BCUT2D eigenvalue weighted by Gasteiger charge is -2.29. The van der Waals surface area contributed by atoms with Crippen molar-refractivity contribution in [3.05, 3.63) is 12.2 Å². The second-order valence-corrected chi connectivity index (χ2v) is 4.43. The topological polar surface area (TPSA) is 52.0 Å². The third-order valence-electron chi connectivity index (χ3n) is 3.23. The molecule has 1 aliphatic heterocycles. The summed E-state index contributed by atoms with van der Waals surface area (Å²) in [5.74, 6) is 1.67. The smallest absolute Gasteiger partial charge is 0.150 e. The number of nitrogens with one attached hydrogen (secondary N) is 1. The van der Waals surface area contributed by atoms with Crippen LogP contribution in [0.15, 0.2) is 6.33 Å². The van der Waals surface area contributed by atoms with Gasteiger partial charge >= 0.3 is 0 Å². The molecule has 0 saturated carbocycles. The molecule has 1 N–H and O–H groups in total. The fourth-order valence-corrected chi connectivity index (χ4v) is 2.26. The van der Waals surface area contributed by atoms with Crippen molar-refractivity contribution in [3.8, 4) is 0 Å². The van der Waals surface area contributed by atoms with E-state index in [1.54, 1.807) is 13.4 Å². The summed E-state index contributed by atoms with van der Waals surface area (Å²) in [6.07, 6.45) is 4.30. The number of rotatable bonds is 4. The van der Waals surface area contributed by atoms with Crippen molar-refractivity contribution in [2.75, 3.05) is 20.3 Å². The van der Waals surface area contributed by atoms with E-state index in [4.69, 9.17) is 4.74 Å². The molecule has 1 aromatic rings. The monoisotopic (exact) mass is 224 g/mol. The number of aromatic nitrogens is 3. The van der Waals surface area contributed by atoms with Gasteiger partial charge in [0.2, 0.25) is 0 Å². The Hall–Kier alpha value is -0.940. The second kappa shape index (κ2) is 5.41. The highest BCUT2D eigenvalue weighted by Gasteiger charge is 2.26. The van der Waals surface area contributed by atoms with Crippen molar-refractivity contribution in [3.63, 3.8) is 0 Å². The Kier molecular flexibility index (Phi) is 3.90. The van der Waals surface area contributed by atoms with Crippen LogP contribution in [0.25, 0.3) is 0 Å². The highest BCUT2D eigenvalue weighted by atomic mass is 16.5. The van der Waals surface area contributed by atoms with Gasteiger partial charge in [0.1, 0.15) is 12.2 Å². The Morgan fingerprint density at radius 3 is 3.25 bits per heavy atom. The van der Waals surface area contributed by atoms with Crippen molar-refractivity contribution >= 4 is 0 Å². The van der Waals surface area contributed by atoms with E-state index < -0.39 is 0 Å². The average molecular weight is 224 g/mol. The molecule has 90 valence electrons. The minimum atomic E-state index is 0.341. The summed E-state index contributed by atoms with van der Waals surface area (Å²) < 4.78 is 7.17. The van der Waals surface area contributed by atoms with Crippen LogP contribution in [0.2, 0.25) is 0 Å². The van der Waals surface area contributed by atoms with Crippen molar-refractivity contribution in [2.45, 2.75) is 32.4 Å². The number of hydrogen-bond acceptors (Lipinski definition) is 4. The highest BCUT2D eigenvalue weighted by Crippen LogP contribution is 2.27. The van der Waals surface area contributed by atoms with E-state index in [0.717, 1.165) is 18.9 Å². The Balaban J connectivity index is 2.09. The third-order valence-corrected chi connectivity index (χ3v) is 3.23. The average Bonchev–Trinajstić information content (AvgIpc) is 2.75. The Morgan fingerprint density at radius 1 is 1.62 bits per heavy atom. The molecule has 0 amide bonds. The molecule has 2 unspecified atom stereocenters. The Morgan fingerprint density at radius 2 is 2.50 bits per heavy atom. The summed E-state index contributed by atoms with van der Waals surface area (Å²) in [7, 11) is 1.71. The fourth-order valence-electron chi connectivity index (χ4n) is 2.26. The van der Waals surface area contributed by atoms with E-state index in [0.29, 0.717) is 18.6 Å². The second-order valence-electron chi connectivity index (χ2n) is 4.43. The maximum absolute atomic E-state index is 5.09. The third kappa shape index (κ3) is 2.41. The van der Waals surface area contributed by atoms with Gasteiger partial charge in [-0.2, -0.15) is 0 Å². The summed E-state index contributed by atoms with van der Waals surface area (Å²) in [6, 6.07) is 0.341. The van der Waals surface area contributed by atoms with E-state index in [-0.39, 0.29) is 0 Å². The SMILES string of the molecule is COCCn1cnnc1C1NCCCC1C. The van der Waals surface area contributed by atoms with Crippen molar-refractivity contribution in [2.24, 2.45) is 5.92 Å². The Bertz CT molecular complexity index is 326. The molecule has 0 aliphatic carbocycles. The lowest BCUT2D eigenvalue weighted by molar-refractivity contribution is 0.183. The van der Waals surface area contributed by atoms with Crippen molar-refractivity contribution in [1.82, 2.24) is 20.1 Å². The molecule has 1 aliphatic rings. The van der Waals surface area contributed by atoms with Crippen molar-refractivity contribution in [1.29, 1.82) is 0 Å². The van der Waals surface area contributed by atoms with Crippen LogP contribution in [0.3, 0.4) is 0 Å². The van der Waals surface area contributed by atoms with Gasteiger partial charge in [0.15, 0.2) is 0 Å². The highest BCUT2D eigenvalue weighted by molar-refractivity contribution is 4.99. The molecule has 1 saturated heterocycles. The first kappa shape index (κ1) is 11.5. The minimum Gasteiger partial charge on any atom is -0.383 e. The maximum Gasteiger partial charge on any atom is 0.150 e. The lowest BCUT2D eigenvalue weighted by Crippen LogP contribution is -2.35. The van der Waals surface area contributed by atoms with E-state index in [1.807, 2.05) is 0 Å². The molecule has 2 rings (SSSR count). The normalized spacial score (nSPS) is 25.9. The number of nitrogens with zero attached hydrogens (tertiary/aromatic N) is 3. The molecule has 2 atom stereocenters. The molecule has 5 nitrogen and oxygen atoms in total. The van der Waals surface area contributed by atoms with E-state index >= 15 is 0 Å². The van der Waals surface area contributed by atoms with Gasteiger partial charge in [-0.05, 0) is 25.3 Å². The fraction of sp³-hybridized carbons (Fsp3) is 0.818. The zero-order chi connectivity index (χ0) is 11.4. The van der Waals surface area contributed by atoms with Crippen LogP contribution in [0.5, 0.6) is 0 Å². The quantitative estimate of drug-likeness (QED) is 0.828. The zero-order valence-electron chi connectivity index (χ0n) is 10.0. The predicted molar refractivity (Wildman–Crippen MR) is 61.0 cm³/mol. The van der Waals surface area contributed by atoms with Crippen LogP contribution < -0.4 is 5.32 Å². The van der Waals surface area contributed by atoms with Crippen LogP contribution in [0, 0.1) is 5.92 Å². The van der Waals surface area contributed by atoms with Gasteiger partial charge in [-0.1, -0.05) is 6.92 Å². The molecule has 0 bridgehead atoms. The van der Waals surface area contributed by atoms with Gasteiger partial charge in [-0.15, -0.1) is 10.2 Å². The van der Waals surface area contributed by atoms with Gasteiger partial charge in [0, 0.05) is 13.7 Å². The molecule has 16 heavy (non-hydrogen) atoms. The van der Waals surface area contributed by atoms with Gasteiger partial charge in [0.25, 0.3) is 0 Å². The number of hydrogen-bond donors (Lipinski definition) is 1. The van der Waals surface area contributed by atoms with Gasteiger partial charge in [-0.3, -0.25) is 0 Å². The van der Waals surface area contributed by atoms with E-state index in [1.165, 1.54) is 12.8 Å². The molecule has 1 fully saturated rings. The first-order chi connectivity index (χ1) is 7.83. The van der Waals surface area contributed by atoms with Crippen LogP contribution in [0.4, 0.5) is 0 Å². The number of ether oxygens (including phenoxy) is 1. The summed E-state index contributed by atoms with van der Waals surface area (Å²) >= 11 is 0. The number of piperidine rings is 1.